The van der Waals surface area contributed by atoms with Gasteiger partial charge in [0, 0.05) is 18.7 Å². The number of benzene rings is 1. The fourth-order valence-corrected chi connectivity index (χ4v) is 3.14. The van der Waals surface area contributed by atoms with Gasteiger partial charge in [-0.05, 0) is 31.0 Å². The Morgan fingerprint density at radius 2 is 2.22 bits per heavy atom. The van der Waals surface area contributed by atoms with Crippen LogP contribution in [0.2, 0.25) is 0 Å². The molecule has 2 aromatic heterocycles. The number of fused-ring (bicyclic) bond motifs is 1. The van der Waals surface area contributed by atoms with Crippen molar-refractivity contribution in [3.8, 4) is 0 Å². The average Bonchev–Trinajstić information content (AvgIpc) is 2.96. The predicted octanol–water partition coefficient (Wildman–Crippen LogP) is 2.70. The van der Waals surface area contributed by atoms with Crippen molar-refractivity contribution < 1.29 is 4.39 Å². The molecule has 0 saturated carbocycles. The fraction of sp³-hybridized carbons (Fsp3) is 0.312. The van der Waals surface area contributed by atoms with Gasteiger partial charge >= 0.3 is 0 Å². The average molecular weight is 332 g/mol. The minimum Gasteiger partial charge on any atom is -0.305 e. The molecule has 3 aromatic rings. The highest BCUT2D eigenvalue weighted by Crippen LogP contribution is 2.15. The minimum absolute atomic E-state index is 0.0429. The van der Waals surface area contributed by atoms with E-state index in [4.69, 9.17) is 0 Å². The Morgan fingerprint density at radius 1 is 1.39 bits per heavy atom. The maximum atomic E-state index is 13.3. The predicted molar refractivity (Wildman–Crippen MR) is 88.2 cm³/mol. The molecule has 120 valence electrons. The van der Waals surface area contributed by atoms with Crippen LogP contribution < -0.4 is 10.9 Å². The first-order valence-electron chi connectivity index (χ1n) is 7.44. The Balaban J connectivity index is 1.77. The zero-order valence-corrected chi connectivity index (χ0v) is 13.7. The van der Waals surface area contributed by atoms with Crippen molar-refractivity contribution in [2.24, 2.45) is 0 Å². The summed E-state index contributed by atoms with van der Waals surface area (Å²) in [6.45, 7) is 4.37. The zero-order valence-electron chi connectivity index (χ0n) is 12.9. The minimum atomic E-state index is -0.259. The van der Waals surface area contributed by atoms with E-state index in [-0.39, 0.29) is 17.4 Å². The lowest BCUT2D eigenvalue weighted by molar-refractivity contribution is 0.559. The first kappa shape index (κ1) is 15.8. The van der Waals surface area contributed by atoms with Gasteiger partial charge in [0.25, 0.3) is 5.56 Å². The molecular formula is C16H17FN4OS. The van der Waals surface area contributed by atoms with Crippen molar-refractivity contribution in [2.45, 2.75) is 32.9 Å². The smallest absolute Gasteiger partial charge is 0.275 e. The van der Waals surface area contributed by atoms with E-state index in [1.165, 1.54) is 34.1 Å². The summed E-state index contributed by atoms with van der Waals surface area (Å²) < 4.78 is 14.6. The van der Waals surface area contributed by atoms with Gasteiger partial charge in [0.15, 0.2) is 0 Å². The lowest BCUT2D eigenvalue weighted by Crippen LogP contribution is -2.22. The summed E-state index contributed by atoms with van der Waals surface area (Å²) >= 11 is 1.42. The molecule has 1 aromatic carbocycles. The van der Waals surface area contributed by atoms with Crippen LogP contribution in [0.5, 0.6) is 0 Å². The number of aryl methyl sites for hydroxylation is 1. The van der Waals surface area contributed by atoms with Crippen LogP contribution in [0, 0.1) is 5.82 Å². The Labute approximate surface area is 136 Å². The molecule has 0 aliphatic rings. The third kappa shape index (κ3) is 3.46. The number of nitrogens with zero attached hydrogens (tertiary/aromatic N) is 3. The summed E-state index contributed by atoms with van der Waals surface area (Å²) in [5.74, 6) is -0.259. The van der Waals surface area contributed by atoms with E-state index >= 15 is 0 Å². The van der Waals surface area contributed by atoms with Crippen LogP contribution in [0.3, 0.4) is 0 Å². The number of hydrogen-bond donors (Lipinski definition) is 1. The van der Waals surface area contributed by atoms with Crippen LogP contribution in [-0.4, -0.2) is 14.6 Å². The second kappa shape index (κ2) is 6.55. The SMILES string of the molecule is CCc1nn2c(=O)cc(CNC(C)c3cccc(F)c3)nc2s1. The molecule has 1 N–H and O–H groups in total. The molecule has 5 nitrogen and oxygen atoms in total. The van der Waals surface area contributed by atoms with Crippen LogP contribution in [0.4, 0.5) is 4.39 Å². The molecule has 0 amide bonds. The first-order valence-corrected chi connectivity index (χ1v) is 8.26. The molecule has 2 heterocycles. The van der Waals surface area contributed by atoms with E-state index in [0.29, 0.717) is 17.2 Å². The lowest BCUT2D eigenvalue weighted by atomic mass is 10.1. The maximum Gasteiger partial charge on any atom is 0.275 e. The van der Waals surface area contributed by atoms with Crippen molar-refractivity contribution in [3.63, 3.8) is 0 Å². The molecule has 0 fully saturated rings. The second-order valence-electron chi connectivity index (χ2n) is 5.29. The van der Waals surface area contributed by atoms with E-state index < -0.39 is 0 Å². The van der Waals surface area contributed by atoms with Gasteiger partial charge in [0.1, 0.15) is 10.8 Å². The number of aromatic nitrogens is 3. The molecule has 0 saturated heterocycles. The lowest BCUT2D eigenvalue weighted by Gasteiger charge is -2.13. The van der Waals surface area contributed by atoms with Crippen molar-refractivity contribution >= 4 is 16.3 Å². The molecule has 0 aliphatic heterocycles. The summed E-state index contributed by atoms with van der Waals surface area (Å²) in [6.07, 6.45) is 0.775. The van der Waals surface area contributed by atoms with Gasteiger partial charge in [-0.2, -0.15) is 9.61 Å². The van der Waals surface area contributed by atoms with E-state index in [1.807, 2.05) is 19.9 Å². The Kier molecular flexibility index (Phi) is 4.49. The van der Waals surface area contributed by atoms with Crippen molar-refractivity contribution in [1.82, 2.24) is 19.9 Å². The van der Waals surface area contributed by atoms with Crippen molar-refractivity contribution in [2.75, 3.05) is 0 Å². The van der Waals surface area contributed by atoms with Crippen LogP contribution in [0.15, 0.2) is 35.1 Å². The van der Waals surface area contributed by atoms with E-state index in [9.17, 15) is 9.18 Å². The van der Waals surface area contributed by atoms with Gasteiger partial charge in [-0.3, -0.25) is 4.79 Å². The normalized spacial score (nSPS) is 12.7. The number of hydrogen-bond acceptors (Lipinski definition) is 5. The number of halogens is 1. The Hall–Kier alpha value is -2.12. The molecule has 1 unspecified atom stereocenters. The molecule has 23 heavy (non-hydrogen) atoms. The standard InChI is InChI=1S/C16H17FN4OS/c1-3-14-20-21-15(22)8-13(19-16(21)23-14)9-18-10(2)11-5-4-6-12(17)7-11/h4-8,10,18H,3,9H2,1-2H3. The summed E-state index contributed by atoms with van der Waals surface area (Å²) in [5.41, 5.74) is 1.33. The molecular weight excluding hydrogens is 315 g/mol. The molecule has 0 spiro atoms. The quantitative estimate of drug-likeness (QED) is 0.780. The second-order valence-corrected chi connectivity index (χ2v) is 6.33. The van der Waals surface area contributed by atoms with Gasteiger partial charge in [0.05, 0.1) is 5.69 Å². The molecule has 1 atom stereocenters. The highest BCUT2D eigenvalue weighted by atomic mass is 32.1. The summed E-state index contributed by atoms with van der Waals surface area (Å²) in [6, 6.07) is 7.91. The van der Waals surface area contributed by atoms with E-state index in [0.717, 1.165) is 17.0 Å². The summed E-state index contributed by atoms with van der Waals surface area (Å²) in [5, 5.41) is 8.37. The Morgan fingerprint density at radius 3 is 2.96 bits per heavy atom. The third-order valence-corrected chi connectivity index (χ3v) is 4.63. The van der Waals surface area contributed by atoms with E-state index in [2.05, 4.69) is 15.4 Å². The fourth-order valence-electron chi connectivity index (χ4n) is 2.28. The van der Waals surface area contributed by atoms with Gasteiger partial charge in [-0.1, -0.05) is 30.4 Å². The molecule has 0 radical (unpaired) electrons. The monoisotopic (exact) mass is 332 g/mol. The highest BCUT2D eigenvalue weighted by Gasteiger charge is 2.10. The first-order chi connectivity index (χ1) is 11.1. The van der Waals surface area contributed by atoms with Crippen molar-refractivity contribution in [1.29, 1.82) is 0 Å². The molecule has 7 heteroatoms. The molecule has 0 bridgehead atoms. The number of nitrogens with one attached hydrogen (secondary N) is 1. The van der Waals surface area contributed by atoms with Gasteiger partial charge in [-0.25, -0.2) is 9.37 Å². The van der Waals surface area contributed by atoms with Gasteiger partial charge in [0.2, 0.25) is 4.96 Å². The largest absolute Gasteiger partial charge is 0.305 e. The maximum absolute atomic E-state index is 13.3. The summed E-state index contributed by atoms with van der Waals surface area (Å²) in [7, 11) is 0. The van der Waals surface area contributed by atoms with Crippen molar-refractivity contribution in [3.05, 3.63) is 62.8 Å². The Bertz CT molecular complexity index is 889. The van der Waals surface area contributed by atoms with Crippen LogP contribution in [0.25, 0.3) is 4.96 Å². The van der Waals surface area contributed by atoms with Crippen LogP contribution in [0.1, 0.15) is 36.2 Å². The highest BCUT2D eigenvalue weighted by molar-refractivity contribution is 7.16. The third-order valence-electron chi connectivity index (χ3n) is 3.58. The summed E-state index contributed by atoms with van der Waals surface area (Å²) in [4.78, 5) is 17.1. The van der Waals surface area contributed by atoms with E-state index in [1.54, 1.807) is 6.07 Å². The molecule has 3 rings (SSSR count). The van der Waals surface area contributed by atoms with Gasteiger partial charge < -0.3 is 5.32 Å². The van der Waals surface area contributed by atoms with Crippen LogP contribution in [-0.2, 0) is 13.0 Å². The molecule has 0 aliphatic carbocycles. The zero-order chi connectivity index (χ0) is 16.4. The van der Waals surface area contributed by atoms with Gasteiger partial charge in [-0.15, -0.1) is 0 Å². The number of rotatable bonds is 5. The van der Waals surface area contributed by atoms with Crippen LogP contribution >= 0.6 is 11.3 Å². The topological polar surface area (TPSA) is 59.3 Å².